The molecule has 0 radical (unpaired) electrons. The first-order valence-electron chi connectivity index (χ1n) is 12.2. The number of carbonyl (C=O) groups is 2. The quantitative estimate of drug-likeness (QED) is 0.290. The number of benzene rings is 2. The summed E-state index contributed by atoms with van der Waals surface area (Å²) < 4.78 is 91.1. The van der Waals surface area contributed by atoms with Crippen molar-refractivity contribution in [3.05, 3.63) is 81.0 Å². The smallest absolute Gasteiger partial charge is 0.416 e. The topological polar surface area (TPSA) is 59.1 Å². The van der Waals surface area contributed by atoms with E-state index < -0.39 is 53.4 Å². The van der Waals surface area contributed by atoms with Gasteiger partial charge in [0.2, 0.25) is 12.7 Å². The number of rotatable bonds is 8. The lowest BCUT2D eigenvalue weighted by molar-refractivity contribution is -0.143. The highest BCUT2D eigenvalue weighted by atomic mass is 32.1. The van der Waals surface area contributed by atoms with Crippen LogP contribution < -0.4 is 9.47 Å². The van der Waals surface area contributed by atoms with Crippen LogP contribution in [0, 0.1) is 0 Å². The summed E-state index contributed by atoms with van der Waals surface area (Å²) in [6.07, 6.45) is -9.23. The molecule has 1 aliphatic carbocycles. The first kappa shape index (κ1) is 27.8. The molecule has 2 heterocycles. The Morgan fingerprint density at radius 2 is 1.55 bits per heavy atom. The summed E-state index contributed by atoms with van der Waals surface area (Å²) in [6, 6.07) is 9.13. The molecule has 0 atom stereocenters. The molecule has 0 unspecified atom stereocenters. The van der Waals surface area contributed by atoms with Gasteiger partial charge < -0.3 is 19.3 Å². The first-order valence-corrected chi connectivity index (χ1v) is 13.1. The summed E-state index contributed by atoms with van der Waals surface area (Å²) in [7, 11) is 0. The largest absolute Gasteiger partial charge is 0.454 e. The summed E-state index contributed by atoms with van der Waals surface area (Å²) >= 11 is 1.42. The lowest BCUT2D eigenvalue weighted by atomic mass is 10.0. The number of halogens is 6. The monoisotopic (exact) mass is 584 g/mol. The third-order valence-corrected chi connectivity index (χ3v) is 7.34. The molecule has 0 spiro atoms. The van der Waals surface area contributed by atoms with Gasteiger partial charge in [-0.25, -0.2) is 0 Å². The van der Waals surface area contributed by atoms with Crippen LogP contribution in [0.2, 0.25) is 0 Å². The van der Waals surface area contributed by atoms with E-state index in [1.165, 1.54) is 16.2 Å². The van der Waals surface area contributed by atoms with Gasteiger partial charge in [-0.2, -0.15) is 26.3 Å². The lowest BCUT2D eigenvalue weighted by Crippen LogP contribution is -2.43. The van der Waals surface area contributed by atoms with Gasteiger partial charge in [0, 0.05) is 23.0 Å². The van der Waals surface area contributed by atoms with E-state index in [0.29, 0.717) is 42.0 Å². The van der Waals surface area contributed by atoms with E-state index in [4.69, 9.17) is 9.47 Å². The standard InChI is InChI=1S/C27H22F6N2O4S/c28-26(29,30)18-9-17(10-19(11-18)27(31,32)33)25(37)35(20-4-5-20)14-24(36)34(13-21-2-1-7-40-21)12-16-3-6-22-23(8-16)39-15-38-22/h1-3,6-11,20H,4-5,12-15H2. The highest BCUT2D eigenvalue weighted by Crippen LogP contribution is 2.38. The fourth-order valence-electron chi connectivity index (χ4n) is 4.33. The maximum absolute atomic E-state index is 13.6. The van der Waals surface area contributed by atoms with E-state index in [1.807, 2.05) is 17.5 Å². The van der Waals surface area contributed by atoms with Crippen molar-refractivity contribution in [1.29, 1.82) is 0 Å². The minimum Gasteiger partial charge on any atom is -0.454 e. The van der Waals surface area contributed by atoms with E-state index in [-0.39, 0.29) is 25.9 Å². The number of thiophene rings is 1. The van der Waals surface area contributed by atoms with Crippen molar-refractivity contribution in [2.45, 2.75) is 44.3 Å². The van der Waals surface area contributed by atoms with Crippen molar-refractivity contribution >= 4 is 23.2 Å². The van der Waals surface area contributed by atoms with Gasteiger partial charge in [0.25, 0.3) is 5.91 Å². The average molecular weight is 585 g/mol. The predicted octanol–water partition coefficient (Wildman–Crippen LogP) is 6.35. The summed E-state index contributed by atoms with van der Waals surface area (Å²) in [6.45, 7) is -0.112. The maximum Gasteiger partial charge on any atom is 0.416 e. The molecule has 5 rings (SSSR count). The second-order valence-electron chi connectivity index (χ2n) is 9.48. The molecule has 6 nitrogen and oxygen atoms in total. The Morgan fingerprint density at radius 3 is 2.15 bits per heavy atom. The molecule has 212 valence electrons. The van der Waals surface area contributed by atoms with E-state index in [9.17, 15) is 35.9 Å². The zero-order valence-electron chi connectivity index (χ0n) is 20.7. The lowest BCUT2D eigenvalue weighted by Gasteiger charge is -2.28. The molecular formula is C27H22F6N2O4S. The molecule has 1 aliphatic heterocycles. The van der Waals surface area contributed by atoms with E-state index in [1.54, 1.807) is 18.2 Å². The van der Waals surface area contributed by atoms with Crippen molar-refractivity contribution < 1.29 is 45.4 Å². The summed E-state index contributed by atoms with van der Waals surface area (Å²) in [5, 5.41) is 1.84. The fourth-order valence-corrected chi connectivity index (χ4v) is 5.04. The molecule has 2 aliphatic rings. The Labute approximate surface area is 228 Å². The maximum atomic E-state index is 13.6. The van der Waals surface area contributed by atoms with Gasteiger partial charge in [-0.1, -0.05) is 12.1 Å². The first-order chi connectivity index (χ1) is 18.9. The van der Waals surface area contributed by atoms with Crippen LogP contribution in [-0.2, 0) is 30.2 Å². The minimum absolute atomic E-state index is 0.0302. The Balaban J connectivity index is 1.41. The van der Waals surface area contributed by atoms with Crippen molar-refractivity contribution in [2.75, 3.05) is 13.3 Å². The SMILES string of the molecule is O=C(CN(C(=O)c1cc(C(F)(F)F)cc(C(F)(F)F)c1)C1CC1)N(Cc1ccc2c(c1)OCO2)Cc1cccs1. The zero-order valence-corrected chi connectivity index (χ0v) is 21.5. The summed E-state index contributed by atoms with van der Waals surface area (Å²) in [5.74, 6) is -0.494. The van der Waals surface area contributed by atoms with Gasteiger partial charge in [-0.15, -0.1) is 11.3 Å². The van der Waals surface area contributed by atoms with E-state index in [2.05, 4.69) is 0 Å². The molecule has 2 aromatic carbocycles. The summed E-state index contributed by atoms with van der Waals surface area (Å²) in [5.41, 5.74) is -3.24. The third kappa shape index (κ3) is 6.35. The molecular weight excluding hydrogens is 562 g/mol. The van der Waals surface area contributed by atoms with Crippen molar-refractivity contribution in [2.24, 2.45) is 0 Å². The van der Waals surface area contributed by atoms with Crippen LogP contribution in [0.1, 0.15) is 44.8 Å². The zero-order chi connectivity index (χ0) is 28.7. The van der Waals surface area contributed by atoms with Crippen LogP contribution >= 0.6 is 11.3 Å². The number of hydrogen-bond acceptors (Lipinski definition) is 5. The van der Waals surface area contributed by atoms with Crippen LogP contribution in [0.5, 0.6) is 11.5 Å². The Morgan fingerprint density at radius 1 is 0.875 bits per heavy atom. The molecule has 0 bridgehead atoms. The third-order valence-electron chi connectivity index (χ3n) is 6.48. The van der Waals surface area contributed by atoms with Crippen LogP contribution in [0.3, 0.4) is 0 Å². The molecule has 13 heteroatoms. The van der Waals surface area contributed by atoms with Gasteiger partial charge >= 0.3 is 12.4 Å². The summed E-state index contributed by atoms with van der Waals surface area (Å²) in [4.78, 5) is 30.3. The number of fused-ring (bicyclic) bond motifs is 1. The molecule has 40 heavy (non-hydrogen) atoms. The molecule has 1 fully saturated rings. The second kappa shape index (κ2) is 10.7. The molecule has 1 saturated carbocycles. The fraction of sp³-hybridized carbons (Fsp3) is 0.333. The molecule has 0 saturated heterocycles. The second-order valence-corrected chi connectivity index (χ2v) is 10.5. The van der Waals surface area contributed by atoms with E-state index >= 15 is 0 Å². The van der Waals surface area contributed by atoms with Crippen molar-refractivity contribution in [1.82, 2.24) is 9.80 Å². The number of hydrogen-bond donors (Lipinski definition) is 0. The number of ether oxygens (including phenoxy) is 2. The number of alkyl halides is 6. The van der Waals surface area contributed by atoms with E-state index in [0.717, 1.165) is 9.78 Å². The highest BCUT2D eigenvalue weighted by molar-refractivity contribution is 7.09. The Bertz CT molecular complexity index is 1370. The number of carbonyl (C=O) groups excluding carboxylic acids is 2. The van der Waals surface area contributed by atoms with Crippen molar-refractivity contribution in [3.8, 4) is 11.5 Å². The van der Waals surface area contributed by atoms with Crippen LogP contribution in [0.25, 0.3) is 0 Å². The van der Waals surface area contributed by atoms with Gasteiger partial charge in [0.05, 0.1) is 17.7 Å². The number of amides is 2. The number of nitrogens with zero attached hydrogens (tertiary/aromatic N) is 2. The van der Waals surface area contributed by atoms with Crippen molar-refractivity contribution in [3.63, 3.8) is 0 Å². The van der Waals surface area contributed by atoms with Gasteiger partial charge in [-0.05, 0) is 60.2 Å². The van der Waals surface area contributed by atoms with Crippen LogP contribution in [0.4, 0.5) is 26.3 Å². The Hall–Kier alpha value is -3.74. The minimum atomic E-state index is -5.10. The van der Waals surface area contributed by atoms with Gasteiger partial charge in [0.15, 0.2) is 11.5 Å². The normalized spacial score (nSPS) is 14.8. The average Bonchev–Trinajstić information content (AvgIpc) is 3.39. The van der Waals surface area contributed by atoms with Crippen LogP contribution in [0.15, 0.2) is 53.9 Å². The van der Waals surface area contributed by atoms with Gasteiger partial charge in [-0.3, -0.25) is 9.59 Å². The van der Waals surface area contributed by atoms with Crippen LogP contribution in [-0.4, -0.2) is 41.0 Å². The highest BCUT2D eigenvalue weighted by Gasteiger charge is 2.40. The van der Waals surface area contributed by atoms with Gasteiger partial charge in [0.1, 0.15) is 6.54 Å². The molecule has 3 aromatic rings. The molecule has 0 N–H and O–H groups in total. The predicted molar refractivity (Wildman–Crippen MR) is 132 cm³/mol. The molecule has 1 aromatic heterocycles. The molecule has 2 amide bonds. The Kier molecular flexibility index (Phi) is 7.42.